The summed E-state index contributed by atoms with van der Waals surface area (Å²) >= 11 is 7.57. The summed E-state index contributed by atoms with van der Waals surface area (Å²) < 4.78 is 5.58. The van der Waals surface area contributed by atoms with Gasteiger partial charge in [0.25, 0.3) is 0 Å². The van der Waals surface area contributed by atoms with Crippen molar-refractivity contribution in [1.29, 1.82) is 5.26 Å². The Morgan fingerprint density at radius 3 is 2.94 bits per heavy atom. The zero-order valence-electron chi connectivity index (χ0n) is 9.02. The molecule has 0 saturated heterocycles. The van der Waals surface area contributed by atoms with E-state index < -0.39 is 0 Å². The third-order valence-electron chi connectivity index (χ3n) is 2.32. The van der Waals surface area contributed by atoms with Crippen LogP contribution in [-0.2, 0) is 6.42 Å². The van der Waals surface area contributed by atoms with E-state index in [1.165, 1.54) is 5.56 Å². The van der Waals surface area contributed by atoms with Crippen LogP contribution >= 0.6 is 22.9 Å². The van der Waals surface area contributed by atoms with Gasteiger partial charge < -0.3 is 4.74 Å². The highest BCUT2D eigenvalue weighted by Gasteiger charge is 2.07. The monoisotopic (exact) mass is 263 g/mol. The molecule has 0 bridgehead atoms. The summed E-state index contributed by atoms with van der Waals surface area (Å²) in [5, 5.41) is 13.5. The van der Waals surface area contributed by atoms with E-state index in [-0.39, 0.29) is 0 Å². The van der Waals surface area contributed by atoms with Crippen LogP contribution in [0.2, 0.25) is 5.02 Å². The Bertz CT molecular complexity index is 531. The summed E-state index contributed by atoms with van der Waals surface area (Å²) in [6.45, 7) is 0.547. The summed E-state index contributed by atoms with van der Waals surface area (Å²) in [7, 11) is 0. The molecule has 1 aromatic carbocycles. The standard InChI is InChI=1S/C13H10ClNOS/c14-12-2-1-3-13(11(12)8-15)16-6-4-10-5-7-17-9-10/h1-3,5,7,9H,4,6H2. The molecule has 0 spiro atoms. The molecule has 0 atom stereocenters. The van der Waals surface area contributed by atoms with Crippen LogP contribution in [0.3, 0.4) is 0 Å². The quantitative estimate of drug-likeness (QED) is 0.838. The number of thiophene rings is 1. The SMILES string of the molecule is N#Cc1c(Cl)cccc1OCCc1ccsc1. The number of hydrogen-bond donors (Lipinski definition) is 0. The molecule has 0 unspecified atom stereocenters. The van der Waals surface area contributed by atoms with E-state index in [1.807, 2.05) is 5.38 Å². The summed E-state index contributed by atoms with van der Waals surface area (Å²) in [5.41, 5.74) is 1.65. The Morgan fingerprint density at radius 1 is 1.35 bits per heavy atom. The molecule has 1 heterocycles. The average Bonchev–Trinajstić information content (AvgIpc) is 2.82. The predicted octanol–water partition coefficient (Wildman–Crippen LogP) is 3.89. The number of nitriles is 1. The molecule has 0 N–H and O–H groups in total. The molecule has 1 aromatic heterocycles. The third kappa shape index (κ3) is 3.00. The molecule has 0 aliphatic heterocycles. The normalized spacial score (nSPS) is 9.88. The highest BCUT2D eigenvalue weighted by molar-refractivity contribution is 7.07. The van der Waals surface area contributed by atoms with Crippen molar-refractivity contribution >= 4 is 22.9 Å². The molecule has 0 aliphatic carbocycles. The zero-order valence-corrected chi connectivity index (χ0v) is 10.6. The van der Waals surface area contributed by atoms with E-state index >= 15 is 0 Å². The van der Waals surface area contributed by atoms with Gasteiger partial charge in [0.2, 0.25) is 0 Å². The molecule has 86 valence electrons. The minimum absolute atomic E-state index is 0.402. The van der Waals surface area contributed by atoms with Gasteiger partial charge in [0.1, 0.15) is 17.4 Å². The Labute approximate surface area is 109 Å². The van der Waals surface area contributed by atoms with E-state index in [0.717, 1.165) is 6.42 Å². The molecule has 0 saturated carbocycles. The molecule has 2 aromatic rings. The molecule has 0 radical (unpaired) electrons. The van der Waals surface area contributed by atoms with Crippen LogP contribution in [0.1, 0.15) is 11.1 Å². The Kier molecular flexibility index (Phi) is 4.03. The maximum Gasteiger partial charge on any atom is 0.138 e. The van der Waals surface area contributed by atoms with Gasteiger partial charge in [-0.1, -0.05) is 17.7 Å². The molecule has 17 heavy (non-hydrogen) atoms. The van der Waals surface area contributed by atoms with E-state index in [0.29, 0.717) is 22.9 Å². The number of rotatable bonds is 4. The second kappa shape index (κ2) is 5.72. The number of benzene rings is 1. The van der Waals surface area contributed by atoms with Crippen molar-refractivity contribution in [2.75, 3.05) is 6.61 Å². The van der Waals surface area contributed by atoms with Crippen LogP contribution < -0.4 is 4.74 Å². The second-order valence-corrected chi connectivity index (χ2v) is 4.64. The van der Waals surface area contributed by atoms with Crippen LogP contribution in [-0.4, -0.2) is 6.61 Å². The minimum atomic E-state index is 0.402. The lowest BCUT2D eigenvalue weighted by Crippen LogP contribution is -2.02. The molecular formula is C13H10ClNOS. The van der Waals surface area contributed by atoms with Crippen molar-refractivity contribution < 1.29 is 4.74 Å². The predicted molar refractivity (Wildman–Crippen MR) is 69.7 cm³/mol. The smallest absolute Gasteiger partial charge is 0.138 e. The Balaban J connectivity index is 2.00. The fourth-order valence-corrected chi connectivity index (χ4v) is 2.36. The number of ether oxygens (including phenoxy) is 1. The summed E-state index contributed by atoms with van der Waals surface area (Å²) in [5.74, 6) is 0.551. The molecule has 0 amide bonds. The lowest BCUT2D eigenvalue weighted by atomic mass is 10.2. The van der Waals surface area contributed by atoms with Crippen molar-refractivity contribution in [3.63, 3.8) is 0 Å². The first-order chi connectivity index (χ1) is 8.31. The van der Waals surface area contributed by atoms with Crippen LogP contribution in [0.15, 0.2) is 35.0 Å². The van der Waals surface area contributed by atoms with Crippen LogP contribution in [0.5, 0.6) is 5.75 Å². The fraction of sp³-hybridized carbons (Fsp3) is 0.154. The molecule has 4 heteroatoms. The number of nitrogens with zero attached hydrogens (tertiary/aromatic N) is 1. The Morgan fingerprint density at radius 2 is 2.24 bits per heavy atom. The molecule has 2 nitrogen and oxygen atoms in total. The molecular weight excluding hydrogens is 254 g/mol. The van der Waals surface area contributed by atoms with Gasteiger partial charge in [-0.05, 0) is 34.5 Å². The second-order valence-electron chi connectivity index (χ2n) is 3.45. The largest absolute Gasteiger partial charge is 0.492 e. The third-order valence-corrected chi connectivity index (χ3v) is 3.36. The van der Waals surface area contributed by atoms with Gasteiger partial charge in [-0.25, -0.2) is 0 Å². The van der Waals surface area contributed by atoms with Crippen LogP contribution in [0.4, 0.5) is 0 Å². The van der Waals surface area contributed by atoms with Crippen LogP contribution in [0, 0.1) is 11.3 Å². The maximum absolute atomic E-state index is 8.97. The first kappa shape index (κ1) is 12.0. The maximum atomic E-state index is 8.97. The van der Waals surface area contributed by atoms with Crippen molar-refractivity contribution in [3.05, 3.63) is 51.2 Å². The van der Waals surface area contributed by atoms with Gasteiger partial charge in [0, 0.05) is 6.42 Å². The average molecular weight is 264 g/mol. The fourth-order valence-electron chi connectivity index (χ4n) is 1.45. The van der Waals surface area contributed by atoms with E-state index in [1.54, 1.807) is 29.5 Å². The van der Waals surface area contributed by atoms with Crippen molar-refractivity contribution in [2.24, 2.45) is 0 Å². The van der Waals surface area contributed by atoms with Gasteiger partial charge in [-0.15, -0.1) is 0 Å². The number of hydrogen-bond acceptors (Lipinski definition) is 3. The summed E-state index contributed by atoms with van der Waals surface area (Å²) in [4.78, 5) is 0. The van der Waals surface area contributed by atoms with E-state index in [9.17, 15) is 0 Å². The highest BCUT2D eigenvalue weighted by Crippen LogP contribution is 2.25. The summed E-state index contributed by atoms with van der Waals surface area (Å²) in [6, 6.07) is 9.35. The lowest BCUT2D eigenvalue weighted by Gasteiger charge is -2.07. The highest BCUT2D eigenvalue weighted by atomic mass is 35.5. The van der Waals surface area contributed by atoms with Crippen LogP contribution in [0.25, 0.3) is 0 Å². The summed E-state index contributed by atoms with van der Waals surface area (Å²) in [6.07, 6.45) is 0.834. The van der Waals surface area contributed by atoms with Gasteiger partial charge >= 0.3 is 0 Å². The van der Waals surface area contributed by atoms with Gasteiger partial charge in [0.15, 0.2) is 0 Å². The number of halogens is 1. The zero-order chi connectivity index (χ0) is 12.1. The topological polar surface area (TPSA) is 33.0 Å². The first-order valence-electron chi connectivity index (χ1n) is 5.14. The first-order valence-corrected chi connectivity index (χ1v) is 6.46. The van der Waals surface area contributed by atoms with E-state index in [4.69, 9.17) is 21.6 Å². The molecule has 0 aliphatic rings. The van der Waals surface area contributed by atoms with Crippen molar-refractivity contribution in [3.8, 4) is 11.8 Å². The van der Waals surface area contributed by atoms with E-state index in [2.05, 4.69) is 17.5 Å². The minimum Gasteiger partial charge on any atom is -0.492 e. The molecule has 2 rings (SSSR count). The lowest BCUT2D eigenvalue weighted by molar-refractivity contribution is 0.321. The van der Waals surface area contributed by atoms with Crippen molar-refractivity contribution in [2.45, 2.75) is 6.42 Å². The van der Waals surface area contributed by atoms with Gasteiger partial charge in [-0.3, -0.25) is 0 Å². The Hall–Kier alpha value is -1.50. The van der Waals surface area contributed by atoms with Gasteiger partial charge in [0.05, 0.1) is 11.6 Å². The van der Waals surface area contributed by atoms with Gasteiger partial charge in [-0.2, -0.15) is 16.6 Å². The molecule has 0 fully saturated rings. The van der Waals surface area contributed by atoms with Crippen molar-refractivity contribution in [1.82, 2.24) is 0 Å².